The van der Waals surface area contributed by atoms with Gasteiger partial charge in [0.25, 0.3) is 5.91 Å². The van der Waals surface area contributed by atoms with Gasteiger partial charge in [0.15, 0.2) is 10.6 Å². The van der Waals surface area contributed by atoms with Crippen LogP contribution in [0.25, 0.3) is 0 Å². The van der Waals surface area contributed by atoms with Crippen molar-refractivity contribution in [3.8, 4) is 0 Å². The molecule has 1 aromatic carbocycles. The highest BCUT2D eigenvalue weighted by atomic mass is 32.1. The Hall–Kier alpha value is -2.02. The van der Waals surface area contributed by atoms with E-state index in [1.807, 2.05) is 0 Å². The Morgan fingerprint density at radius 3 is 2.79 bits per heavy atom. The molecule has 0 aliphatic carbocycles. The van der Waals surface area contributed by atoms with E-state index >= 15 is 0 Å². The molecule has 0 bridgehead atoms. The molecular weight excluding hydrogens is 267 g/mol. The van der Waals surface area contributed by atoms with Crippen molar-refractivity contribution >= 4 is 18.1 Å². The molecule has 1 atom stereocenters. The SMILES string of the molecule is C[C@H](NC(=O)c1ccccc1F)c1n[nH]c(=S)n1C. The van der Waals surface area contributed by atoms with Crippen molar-refractivity contribution in [1.82, 2.24) is 20.1 Å². The van der Waals surface area contributed by atoms with Gasteiger partial charge in [-0.1, -0.05) is 12.1 Å². The van der Waals surface area contributed by atoms with Crippen molar-refractivity contribution in [3.63, 3.8) is 0 Å². The van der Waals surface area contributed by atoms with Crippen molar-refractivity contribution < 1.29 is 9.18 Å². The fourth-order valence-corrected chi connectivity index (χ4v) is 1.87. The Morgan fingerprint density at radius 1 is 1.53 bits per heavy atom. The Bertz CT molecular complexity index is 664. The lowest BCUT2D eigenvalue weighted by Crippen LogP contribution is -2.29. The van der Waals surface area contributed by atoms with E-state index in [0.717, 1.165) is 0 Å². The van der Waals surface area contributed by atoms with Gasteiger partial charge in [-0.25, -0.2) is 4.39 Å². The number of carbonyl (C=O) groups excluding carboxylic acids is 1. The number of amides is 1. The van der Waals surface area contributed by atoms with Crippen molar-refractivity contribution in [1.29, 1.82) is 0 Å². The molecule has 0 saturated carbocycles. The van der Waals surface area contributed by atoms with Crippen molar-refractivity contribution in [3.05, 3.63) is 46.2 Å². The molecule has 7 heteroatoms. The number of aromatic nitrogens is 3. The van der Waals surface area contributed by atoms with Gasteiger partial charge in [0.1, 0.15) is 5.82 Å². The first-order valence-electron chi connectivity index (χ1n) is 5.67. The first-order valence-corrected chi connectivity index (χ1v) is 6.08. The summed E-state index contributed by atoms with van der Waals surface area (Å²) in [6.45, 7) is 1.75. The molecule has 100 valence electrons. The predicted molar refractivity (Wildman–Crippen MR) is 70.7 cm³/mol. The second-order valence-corrected chi connectivity index (χ2v) is 4.51. The van der Waals surface area contributed by atoms with E-state index in [2.05, 4.69) is 15.5 Å². The molecule has 0 saturated heterocycles. The molecule has 1 amide bonds. The monoisotopic (exact) mass is 280 g/mol. The molecule has 0 aliphatic heterocycles. The number of hydrogen-bond donors (Lipinski definition) is 2. The average Bonchev–Trinajstić information content (AvgIpc) is 2.70. The molecule has 0 unspecified atom stereocenters. The van der Waals surface area contributed by atoms with Crippen LogP contribution < -0.4 is 5.32 Å². The van der Waals surface area contributed by atoms with Crippen molar-refractivity contribution in [2.24, 2.45) is 7.05 Å². The number of carbonyl (C=O) groups is 1. The Kier molecular flexibility index (Phi) is 3.75. The van der Waals surface area contributed by atoms with E-state index in [9.17, 15) is 9.18 Å². The van der Waals surface area contributed by atoms with Crippen LogP contribution in [-0.4, -0.2) is 20.7 Å². The molecule has 0 spiro atoms. The minimum Gasteiger partial charge on any atom is -0.342 e. The number of nitrogens with one attached hydrogen (secondary N) is 2. The smallest absolute Gasteiger partial charge is 0.254 e. The van der Waals surface area contributed by atoms with E-state index < -0.39 is 11.7 Å². The molecule has 2 aromatic rings. The largest absolute Gasteiger partial charge is 0.342 e. The van der Waals surface area contributed by atoms with Gasteiger partial charge in [0.2, 0.25) is 0 Å². The van der Waals surface area contributed by atoms with E-state index in [4.69, 9.17) is 12.2 Å². The summed E-state index contributed by atoms with van der Waals surface area (Å²) in [6.07, 6.45) is 0. The Balaban J connectivity index is 2.18. The van der Waals surface area contributed by atoms with Gasteiger partial charge in [-0.3, -0.25) is 9.89 Å². The first kappa shape index (κ1) is 13.4. The molecular formula is C12H13FN4OS. The number of nitrogens with zero attached hydrogens (tertiary/aromatic N) is 2. The van der Waals surface area contributed by atoms with Crippen LogP contribution in [0.2, 0.25) is 0 Å². The van der Waals surface area contributed by atoms with Gasteiger partial charge in [0.05, 0.1) is 11.6 Å². The van der Waals surface area contributed by atoms with Crippen LogP contribution in [0, 0.1) is 10.6 Å². The summed E-state index contributed by atoms with van der Waals surface area (Å²) in [5.74, 6) is -0.461. The summed E-state index contributed by atoms with van der Waals surface area (Å²) in [5, 5.41) is 9.33. The van der Waals surface area contributed by atoms with E-state index in [1.54, 1.807) is 24.6 Å². The number of rotatable bonds is 3. The second-order valence-electron chi connectivity index (χ2n) is 4.12. The molecule has 1 heterocycles. The zero-order valence-electron chi connectivity index (χ0n) is 10.5. The van der Waals surface area contributed by atoms with Crippen LogP contribution in [0.15, 0.2) is 24.3 Å². The third-order valence-corrected chi connectivity index (χ3v) is 3.13. The minimum atomic E-state index is -0.553. The fourth-order valence-electron chi connectivity index (χ4n) is 1.73. The lowest BCUT2D eigenvalue weighted by molar-refractivity contribution is 0.0933. The van der Waals surface area contributed by atoms with Crippen molar-refractivity contribution in [2.75, 3.05) is 0 Å². The van der Waals surface area contributed by atoms with Gasteiger partial charge < -0.3 is 9.88 Å². The fraction of sp³-hybridized carbons (Fsp3) is 0.250. The van der Waals surface area contributed by atoms with Crippen LogP contribution >= 0.6 is 12.2 Å². The predicted octanol–water partition coefficient (Wildman–Crippen LogP) is 2.11. The maximum Gasteiger partial charge on any atom is 0.254 e. The number of hydrogen-bond acceptors (Lipinski definition) is 3. The summed E-state index contributed by atoms with van der Waals surface area (Å²) in [5.41, 5.74) is 0.00568. The first-order chi connectivity index (χ1) is 9.00. The number of benzene rings is 1. The number of halogens is 1. The molecule has 19 heavy (non-hydrogen) atoms. The van der Waals surface area contributed by atoms with Crippen LogP contribution in [0.5, 0.6) is 0 Å². The van der Waals surface area contributed by atoms with Crippen LogP contribution in [-0.2, 0) is 7.05 Å². The second kappa shape index (κ2) is 5.31. The van der Waals surface area contributed by atoms with E-state index in [1.165, 1.54) is 18.2 Å². The molecule has 1 aromatic heterocycles. The lowest BCUT2D eigenvalue weighted by Gasteiger charge is -2.13. The Morgan fingerprint density at radius 2 is 2.21 bits per heavy atom. The van der Waals surface area contributed by atoms with Crippen LogP contribution in [0.3, 0.4) is 0 Å². The average molecular weight is 280 g/mol. The zero-order chi connectivity index (χ0) is 14.0. The standard InChI is InChI=1S/C12H13FN4OS/c1-7(10-15-16-12(19)17(10)2)14-11(18)8-5-3-4-6-9(8)13/h3-7H,1-2H3,(H,14,18)(H,16,19)/t7-/m0/s1. The molecule has 2 N–H and O–H groups in total. The van der Waals surface area contributed by atoms with Gasteiger partial charge in [-0.2, -0.15) is 5.10 Å². The highest BCUT2D eigenvalue weighted by Gasteiger charge is 2.17. The highest BCUT2D eigenvalue weighted by Crippen LogP contribution is 2.11. The number of aromatic amines is 1. The Labute approximate surface area is 114 Å². The maximum absolute atomic E-state index is 13.5. The normalized spacial score (nSPS) is 12.2. The highest BCUT2D eigenvalue weighted by molar-refractivity contribution is 7.71. The van der Waals surface area contributed by atoms with Crippen molar-refractivity contribution in [2.45, 2.75) is 13.0 Å². The van der Waals surface area contributed by atoms with Crippen LogP contribution in [0.4, 0.5) is 4.39 Å². The molecule has 0 fully saturated rings. The molecule has 5 nitrogen and oxygen atoms in total. The number of H-pyrrole nitrogens is 1. The summed E-state index contributed by atoms with van der Waals surface area (Å²) >= 11 is 4.99. The summed E-state index contributed by atoms with van der Waals surface area (Å²) in [7, 11) is 1.74. The summed E-state index contributed by atoms with van der Waals surface area (Å²) in [6, 6.07) is 5.44. The van der Waals surface area contributed by atoms with E-state index in [0.29, 0.717) is 10.6 Å². The molecule has 0 aliphatic rings. The van der Waals surface area contributed by atoms with Crippen LogP contribution in [0.1, 0.15) is 29.1 Å². The minimum absolute atomic E-state index is 0.00568. The molecule has 2 rings (SSSR count). The topological polar surface area (TPSA) is 62.7 Å². The zero-order valence-corrected chi connectivity index (χ0v) is 11.3. The summed E-state index contributed by atoms with van der Waals surface area (Å²) < 4.78 is 15.6. The van der Waals surface area contributed by atoms with E-state index in [-0.39, 0.29) is 11.6 Å². The summed E-state index contributed by atoms with van der Waals surface area (Å²) in [4.78, 5) is 11.9. The van der Waals surface area contributed by atoms with Gasteiger partial charge in [-0.15, -0.1) is 0 Å². The quantitative estimate of drug-likeness (QED) is 0.846. The third kappa shape index (κ3) is 2.70. The third-order valence-electron chi connectivity index (χ3n) is 2.77. The van der Waals surface area contributed by atoms with Gasteiger partial charge in [0, 0.05) is 7.05 Å². The van der Waals surface area contributed by atoms with Gasteiger partial charge in [-0.05, 0) is 31.3 Å². The van der Waals surface area contributed by atoms with Gasteiger partial charge >= 0.3 is 0 Å². The lowest BCUT2D eigenvalue weighted by atomic mass is 10.2. The molecule has 0 radical (unpaired) electrons. The maximum atomic E-state index is 13.5.